The maximum Gasteiger partial charge on any atom is 0.233 e. The van der Waals surface area contributed by atoms with Gasteiger partial charge in [0.05, 0.1) is 23.8 Å². The van der Waals surface area contributed by atoms with Gasteiger partial charge < -0.3 is 15.4 Å². The van der Waals surface area contributed by atoms with Crippen LogP contribution in [0.4, 0.5) is 5.82 Å². The van der Waals surface area contributed by atoms with Crippen molar-refractivity contribution in [3.8, 4) is 0 Å². The molecule has 2 aromatic rings. The maximum atomic E-state index is 12.2. The van der Waals surface area contributed by atoms with Crippen LogP contribution in [0.3, 0.4) is 0 Å². The second-order valence-electron chi connectivity index (χ2n) is 6.73. The molecule has 0 fully saturated rings. The van der Waals surface area contributed by atoms with Gasteiger partial charge in [-0.1, -0.05) is 25.6 Å². The number of rotatable bonds is 6. The minimum atomic E-state index is 0.0981. The first-order valence-corrected chi connectivity index (χ1v) is 10.8. The van der Waals surface area contributed by atoms with E-state index in [0.29, 0.717) is 42.3 Å². The summed E-state index contributed by atoms with van der Waals surface area (Å²) in [5.74, 6) is 1.40. The Morgan fingerprint density at radius 2 is 2.12 bits per heavy atom. The van der Waals surface area contributed by atoms with Crippen LogP contribution in [0.2, 0.25) is 0 Å². The van der Waals surface area contributed by atoms with Crippen molar-refractivity contribution in [2.45, 2.75) is 52.0 Å². The summed E-state index contributed by atoms with van der Waals surface area (Å²) in [4.78, 5) is 25.2. The first kappa shape index (κ1) is 19.4. The van der Waals surface area contributed by atoms with Crippen LogP contribution < -0.4 is 5.73 Å². The number of carbonyl (C=O) groups excluding carboxylic acids is 1. The van der Waals surface area contributed by atoms with Gasteiger partial charge >= 0.3 is 0 Å². The zero-order valence-electron chi connectivity index (χ0n) is 15.7. The van der Waals surface area contributed by atoms with E-state index in [1.165, 1.54) is 22.2 Å². The molecule has 26 heavy (non-hydrogen) atoms. The molecular weight excluding hydrogens is 368 g/mol. The zero-order chi connectivity index (χ0) is 18.8. The van der Waals surface area contributed by atoms with E-state index >= 15 is 0 Å². The van der Waals surface area contributed by atoms with E-state index in [0.717, 1.165) is 16.6 Å². The van der Waals surface area contributed by atoms with Gasteiger partial charge in [-0.25, -0.2) is 9.97 Å². The lowest BCUT2D eigenvalue weighted by Crippen LogP contribution is -2.31. The smallest absolute Gasteiger partial charge is 0.233 e. The molecule has 3 rings (SSSR count). The second kappa shape index (κ2) is 8.10. The Balaban J connectivity index is 1.82. The average Bonchev–Trinajstić information content (AvgIpc) is 2.98. The minimum absolute atomic E-state index is 0.0981. The van der Waals surface area contributed by atoms with E-state index in [4.69, 9.17) is 10.5 Å². The lowest BCUT2D eigenvalue weighted by Gasteiger charge is -2.26. The number of hydrogen-bond acceptors (Lipinski definition) is 7. The summed E-state index contributed by atoms with van der Waals surface area (Å²) in [6.07, 6.45) is 1.06. The first-order chi connectivity index (χ1) is 12.4. The molecule has 1 aliphatic rings. The van der Waals surface area contributed by atoms with Crippen molar-refractivity contribution in [3.05, 3.63) is 10.4 Å². The Morgan fingerprint density at radius 1 is 1.38 bits per heavy atom. The molecule has 0 bridgehead atoms. The van der Waals surface area contributed by atoms with E-state index in [2.05, 4.69) is 23.8 Å². The first-order valence-electron chi connectivity index (χ1n) is 9.04. The van der Waals surface area contributed by atoms with E-state index in [1.54, 1.807) is 11.3 Å². The summed E-state index contributed by atoms with van der Waals surface area (Å²) in [6, 6.07) is 0. The lowest BCUT2D eigenvalue weighted by atomic mass is 9.96. The van der Waals surface area contributed by atoms with E-state index < -0.39 is 0 Å². The quantitative estimate of drug-likeness (QED) is 0.598. The number of thiophene rings is 1. The molecule has 1 atom stereocenters. The Bertz CT molecular complexity index is 802. The van der Waals surface area contributed by atoms with E-state index in [9.17, 15) is 4.79 Å². The van der Waals surface area contributed by atoms with Gasteiger partial charge in [0.25, 0.3) is 0 Å². The predicted molar refractivity (Wildman–Crippen MR) is 108 cm³/mol. The number of nitrogens with zero attached hydrogens (tertiary/aromatic N) is 3. The van der Waals surface area contributed by atoms with Crippen molar-refractivity contribution >= 4 is 45.0 Å². The molecule has 8 heteroatoms. The number of anilines is 1. The van der Waals surface area contributed by atoms with Gasteiger partial charge in [-0.05, 0) is 25.3 Å². The van der Waals surface area contributed by atoms with Crippen molar-refractivity contribution in [2.75, 3.05) is 24.6 Å². The fourth-order valence-corrected chi connectivity index (χ4v) is 5.12. The number of thioether (sulfide) groups is 1. The number of ether oxygens (including phenoxy) is 1. The summed E-state index contributed by atoms with van der Waals surface area (Å²) < 4.78 is 5.96. The Kier molecular flexibility index (Phi) is 6.04. The molecule has 1 amide bonds. The van der Waals surface area contributed by atoms with Crippen molar-refractivity contribution < 1.29 is 9.53 Å². The van der Waals surface area contributed by atoms with Crippen LogP contribution in [0.25, 0.3) is 10.2 Å². The van der Waals surface area contributed by atoms with Gasteiger partial charge in [0, 0.05) is 24.4 Å². The monoisotopic (exact) mass is 394 g/mol. The fourth-order valence-electron chi connectivity index (χ4n) is 3.17. The average molecular weight is 395 g/mol. The Morgan fingerprint density at radius 3 is 2.77 bits per heavy atom. The molecule has 0 unspecified atom stereocenters. The number of amides is 1. The van der Waals surface area contributed by atoms with Crippen molar-refractivity contribution in [3.63, 3.8) is 0 Å². The molecule has 0 radical (unpaired) electrons. The van der Waals surface area contributed by atoms with Crippen molar-refractivity contribution in [2.24, 2.45) is 5.92 Å². The Hall–Kier alpha value is -1.38. The van der Waals surface area contributed by atoms with E-state index in [1.807, 2.05) is 18.7 Å². The van der Waals surface area contributed by atoms with Gasteiger partial charge in [0.15, 0.2) is 5.16 Å². The molecule has 0 saturated heterocycles. The van der Waals surface area contributed by atoms with Crippen LogP contribution in [-0.2, 0) is 22.6 Å². The molecule has 6 nitrogen and oxygen atoms in total. The highest BCUT2D eigenvalue weighted by molar-refractivity contribution is 7.99. The van der Waals surface area contributed by atoms with E-state index in [-0.39, 0.29) is 12.0 Å². The summed E-state index contributed by atoms with van der Waals surface area (Å²) in [5.41, 5.74) is 7.51. The number of fused-ring (bicyclic) bond motifs is 3. The molecule has 0 aliphatic carbocycles. The van der Waals surface area contributed by atoms with Crippen molar-refractivity contribution in [1.82, 2.24) is 14.9 Å². The molecule has 0 saturated carbocycles. The van der Waals surface area contributed by atoms with Crippen LogP contribution in [0.15, 0.2) is 5.16 Å². The van der Waals surface area contributed by atoms with Gasteiger partial charge in [-0.3, -0.25) is 4.79 Å². The summed E-state index contributed by atoms with van der Waals surface area (Å²) >= 11 is 2.98. The Labute approximate surface area is 162 Å². The van der Waals surface area contributed by atoms with Gasteiger partial charge in [0.2, 0.25) is 5.91 Å². The van der Waals surface area contributed by atoms with Gasteiger partial charge in [0.1, 0.15) is 10.6 Å². The SMILES string of the molecule is CCN(CC)C(=O)CSc1nc(N)c2c3c(sc2n1)CO[C@@H](C(C)C)C3. The fraction of sp³-hybridized carbons (Fsp3) is 0.611. The third-order valence-electron chi connectivity index (χ3n) is 4.76. The number of nitrogen functional groups attached to an aromatic ring is 1. The zero-order valence-corrected chi connectivity index (χ0v) is 17.4. The molecule has 0 spiro atoms. The highest BCUT2D eigenvalue weighted by atomic mass is 32.2. The lowest BCUT2D eigenvalue weighted by molar-refractivity contribution is -0.127. The highest BCUT2D eigenvalue weighted by Gasteiger charge is 2.27. The molecule has 2 N–H and O–H groups in total. The number of carbonyl (C=O) groups is 1. The number of nitrogens with two attached hydrogens (primary N) is 1. The number of aromatic nitrogens is 2. The molecular formula is C18H26N4O2S2. The maximum absolute atomic E-state index is 12.2. The second-order valence-corrected chi connectivity index (χ2v) is 8.75. The van der Waals surface area contributed by atoms with Crippen LogP contribution >= 0.6 is 23.1 Å². The van der Waals surface area contributed by atoms with Crippen LogP contribution in [-0.4, -0.2) is 45.7 Å². The molecule has 2 aromatic heterocycles. The van der Waals surface area contributed by atoms with Crippen molar-refractivity contribution in [1.29, 1.82) is 0 Å². The van der Waals surface area contributed by atoms with Gasteiger partial charge in [-0.2, -0.15) is 0 Å². The normalized spacial score (nSPS) is 16.9. The van der Waals surface area contributed by atoms with Crippen LogP contribution in [0.1, 0.15) is 38.1 Å². The molecule has 3 heterocycles. The van der Waals surface area contributed by atoms with Crippen LogP contribution in [0, 0.1) is 5.92 Å². The largest absolute Gasteiger partial charge is 0.383 e. The minimum Gasteiger partial charge on any atom is -0.383 e. The highest BCUT2D eigenvalue weighted by Crippen LogP contribution is 2.39. The standard InChI is InChI=1S/C18H26N4O2S2/c1-5-22(6-2)14(23)9-25-18-20-16(19)15-11-7-12(10(3)4)24-8-13(11)26-17(15)21-18/h10,12H,5-9H2,1-4H3,(H2,19,20,21)/t12-/m1/s1. The summed E-state index contributed by atoms with van der Waals surface area (Å²) in [7, 11) is 0. The third-order valence-corrected chi connectivity index (χ3v) is 6.69. The molecule has 1 aliphatic heterocycles. The summed E-state index contributed by atoms with van der Waals surface area (Å²) in [6.45, 7) is 10.3. The summed E-state index contributed by atoms with van der Waals surface area (Å²) in [5, 5.41) is 1.54. The predicted octanol–water partition coefficient (Wildman–Crippen LogP) is 3.33. The molecule has 0 aromatic carbocycles. The molecule has 142 valence electrons. The topological polar surface area (TPSA) is 81.3 Å². The third kappa shape index (κ3) is 3.82. The van der Waals surface area contributed by atoms with Crippen LogP contribution in [0.5, 0.6) is 0 Å². The number of hydrogen-bond donors (Lipinski definition) is 1. The van der Waals surface area contributed by atoms with Gasteiger partial charge in [-0.15, -0.1) is 11.3 Å².